The van der Waals surface area contributed by atoms with Crippen LogP contribution in [0.15, 0.2) is 34.9 Å². The van der Waals surface area contributed by atoms with Crippen molar-refractivity contribution in [3.05, 3.63) is 34.9 Å². The highest BCUT2D eigenvalue weighted by Crippen LogP contribution is 2.39. The molecule has 0 radical (unpaired) electrons. The van der Waals surface area contributed by atoms with Crippen LogP contribution in [0.5, 0.6) is 0 Å². The molecule has 1 heterocycles. The topological polar surface area (TPSA) is 82.5 Å². The molecule has 1 saturated heterocycles. The van der Waals surface area contributed by atoms with Crippen molar-refractivity contribution < 1.29 is 25.1 Å². The van der Waals surface area contributed by atoms with Crippen LogP contribution in [-0.2, 0) is 9.62 Å². The maximum absolute atomic E-state index is 8.81. The van der Waals surface area contributed by atoms with E-state index in [2.05, 4.69) is 58.6 Å². The van der Waals surface area contributed by atoms with Gasteiger partial charge in [0.15, 0.2) is 0 Å². The average molecular weight is 415 g/mol. The van der Waals surface area contributed by atoms with Gasteiger partial charge in [-0.2, -0.15) is 0 Å². The Morgan fingerprint density at radius 3 is 1.79 bits per heavy atom. The molecular weight excluding hydrogens is 368 g/mol. The van der Waals surface area contributed by atoms with Crippen molar-refractivity contribution in [2.75, 3.05) is 13.2 Å². The lowest BCUT2D eigenvalue weighted by molar-refractivity contribution is -0.306. The molecule has 1 aliphatic rings. The summed E-state index contributed by atoms with van der Waals surface area (Å²) in [4.78, 5) is 3.94. The highest BCUT2D eigenvalue weighted by molar-refractivity contribution is 5.02. The summed E-state index contributed by atoms with van der Waals surface area (Å²) >= 11 is 0. The van der Waals surface area contributed by atoms with E-state index in [1.54, 1.807) is 20.8 Å². The minimum Gasteiger partial charge on any atom is -0.394 e. The molecule has 1 rings (SSSR count). The number of aliphatic hydroxyl groups is 2. The van der Waals surface area contributed by atoms with Crippen LogP contribution >= 0.6 is 0 Å². The number of ether oxygens (including phenoxy) is 1. The van der Waals surface area contributed by atoms with Crippen LogP contribution in [0.3, 0.4) is 0 Å². The minimum atomic E-state index is -0.403. The van der Waals surface area contributed by atoms with E-state index in [0.29, 0.717) is 0 Å². The van der Waals surface area contributed by atoms with E-state index in [1.165, 1.54) is 16.7 Å². The maximum atomic E-state index is 8.81. The molecular formula is C24H46O5. The third kappa shape index (κ3) is 20.1. The molecule has 29 heavy (non-hydrogen) atoms. The zero-order chi connectivity index (χ0) is 23.1. The lowest BCUT2D eigenvalue weighted by Crippen LogP contribution is -2.15. The van der Waals surface area contributed by atoms with Crippen molar-refractivity contribution in [3.63, 3.8) is 0 Å². The van der Waals surface area contributed by atoms with Crippen LogP contribution in [0.25, 0.3) is 0 Å². The van der Waals surface area contributed by atoms with Crippen LogP contribution in [0.1, 0.15) is 88.0 Å². The summed E-state index contributed by atoms with van der Waals surface area (Å²) in [5.74, 6) is 0. The molecule has 2 atom stereocenters. The van der Waals surface area contributed by atoms with Gasteiger partial charge in [-0.3, -0.25) is 5.26 Å². The van der Waals surface area contributed by atoms with E-state index in [-0.39, 0.29) is 24.9 Å². The number of hydrogen-bond donors (Lipinski definition) is 3. The van der Waals surface area contributed by atoms with Crippen LogP contribution in [-0.4, -0.2) is 46.0 Å². The lowest BCUT2D eigenvalue weighted by atomic mass is 10.0. The van der Waals surface area contributed by atoms with E-state index in [9.17, 15) is 0 Å². The highest BCUT2D eigenvalue weighted by Gasteiger charge is 2.50. The lowest BCUT2D eigenvalue weighted by Gasteiger charge is -2.10. The number of aliphatic hydroxyl groups excluding tert-OH is 2. The fraction of sp³-hybridized carbons (Fsp3) is 0.750. The summed E-state index contributed by atoms with van der Waals surface area (Å²) in [5.41, 5.74) is 3.53. The van der Waals surface area contributed by atoms with E-state index < -0.39 is 5.60 Å². The molecule has 5 nitrogen and oxygen atoms in total. The molecule has 0 aromatic carbocycles. The second kappa shape index (κ2) is 15.8. The fourth-order valence-corrected chi connectivity index (χ4v) is 2.24. The molecule has 0 aliphatic carbocycles. The first-order valence-electron chi connectivity index (χ1n) is 10.5. The van der Waals surface area contributed by atoms with Crippen LogP contribution < -0.4 is 0 Å². The molecule has 0 aromatic rings. The predicted octanol–water partition coefficient (Wildman–Crippen LogP) is 5.83. The van der Waals surface area contributed by atoms with E-state index in [4.69, 9.17) is 20.2 Å². The van der Waals surface area contributed by atoms with Crippen LogP contribution in [0.2, 0.25) is 0 Å². The van der Waals surface area contributed by atoms with Crippen molar-refractivity contribution in [2.45, 2.75) is 105 Å². The molecule has 0 bridgehead atoms. The van der Waals surface area contributed by atoms with Gasteiger partial charge in [0.25, 0.3) is 0 Å². The first-order valence-corrected chi connectivity index (χ1v) is 10.5. The van der Waals surface area contributed by atoms with Crippen molar-refractivity contribution in [2.24, 2.45) is 0 Å². The van der Waals surface area contributed by atoms with Gasteiger partial charge in [0.2, 0.25) is 0 Å². The van der Waals surface area contributed by atoms with Crippen molar-refractivity contribution in [1.29, 1.82) is 0 Å². The monoisotopic (exact) mass is 414 g/mol. The van der Waals surface area contributed by atoms with Crippen LogP contribution in [0.4, 0.5) is 0 Å². The summed E-state index contributed by atoms with van der Waals surface area (Å²) in [7, 11) is 0. The molecule has 0 unspecified atom stereocenters. The third-order valence-corrected chi connectivity index (χ3v) is 4.20. The largest absolute Gasteiger partial charge is 0.394 e. The zero-order valence-corrected chi connectivity index (χ0v) is 20.2. The molecule has 0 amide bonds. The number of epoxide rings is 1. The Kier molecular flexibility index (Phi) is 16.5. The number of hydrogen-bond acceptors (Lipinski definition) is 5. The summed E-state index contributed by atoms with van der Waals surface area (Å²) in [6.07, 6.45) is 10.6. The first-order chi connectivity index (χ1) is 13.3. The second-order valence-electron chi connectivity index (χ2n) is 9.18. The molecule has 0 spiro atoms. The zero-order valence-electron chi connectivity index (χ0n) is 20.2. The molecule has 0 aromatic heterocycles. The Labute approximate surface area is 179 Å². The van der Waals surface area contributed by atoms with Gasteiger partial charge in [0.1, 0.15) is 6.10 Å². The summed E-state index contributed by atoms with van der Waals surface area (Å²) in [6.45, 7) is 18.1. The van der Waals surface area contributed by atoms with Crippen molar-refractivity contribution in [1.82, 2.24) is 0 Å². The highest BCUT2D eigenvalue weighted by atomic mass is 17.1. The molecule has 172 valence electrons. The Bertz CT molecular complexity index is 506. The molecule has 1 aliphatic heterocycles. The SMILES string of the molecule is CC(C)(C)OO.CC(C)=CCC/C(C)=C/CO.CC(C)=CCC[C@]1(C)O[C@H]1CO. The minimum absolute atomic E-state index is 0.0410. The summed E-state index contributed by atoms with van der Waals surface area (Å²) in [5, 5.41) is 25.3. The quantitative estimate of drug-likeness (QED) is 0.201. The third-order valence-electron chi connectivity index (χ3n) is 4.20. The van der Waals surface area contributed by atoms with Gasteiger partial charge in [-0.15, -0.1) is 0 Å². The summed E-state index contributed by atoms with van der Waals surface area (Å²) in [6, 6.07) is 0. The Balaban J connectivity index is 0. The maximum Gasteiger partial charge on any atom is 0.110 e. The summed E-state index contributed by atoms with van der Waals surface area (Å²) < 4.78 is 5.36. The van der Waals surface area contributed by atoms with Gasteiger partial charge >= 0.3 is 0 Å². The van der Waals surface area contributed by atoms with E-state index >= 15 is 0 Å². The molecule has 3 N–H and O–H groups in total. The molecule has 1 fully saturated rings. The smallest absolute Gasteiger partial charge is 0.110 e. The molecule has 5 heteroatoms. The number of allylic oxidation sites excluding steroid dienone is 5. The Morgan fingerprint density at radius 1 is 0.966 bits per heavy atom. The second-order valence-corrected chi connectivity index (χ2v) is 9.18. The average Bonchev–Trinajstić information content (AvgIpc) is 3.25. The first kappa shape index (κ1) is 30.2. The van der Waals surface area contributed by atoms with Gasteiger partial charge in [-0.05, 0) is 88.0 Å². The van der Waals surface area contributed by atoms with Gasteiger partial charge in [0, 0.05) is 0 Å². The van der Waals surface area contributed by atoms with Gasteiger partial charge in [-0.25, -0.2) is 4.89 Å². The van der Waals surface area contributed by atoms with Gasteiger partial charge in [0.05, 0.1) is 24.4 Å². The van der Waals surface area contributed by atoms with E-state index in [0.717, 1.165) is 25.7 Å². The van der Waals surface area contributed by atoms with E-state index in [1.807, 2.05) is 6.08 Å². The van der Waals surface area contributed by atoms with Crippen molar-refractivity contribution >= 4 is 0 Å². The Morgan fingerprint density at radius 2 is 1.45 bits per heavy atom. The van der Waals surface area contributed by atoms with Crippen LogP contribution in [0, 0.1) is 0 Å². The van der Waals surface area contributed by atoms with Gasteiger partial charge < -0.3 is 14.9 Å². The Hall–Kier alpha value is -0.980. The standard InChI is InChI=1S/C10H18O2.C10H18O.C4H10O2/c1-8(2)5-4-6-10(3)9(7-11)12-10;1-9(2)5-4-6-10(3)7-8-11;1-4(2,3)6-5/h5,9,11H,4,6-7H2,1-3H3;5,7,11H,4,6,8H2,1-3H3;5H,1-3H3/b;10-7+;/t9-,10-;;/m0../s1. The number of rotatable bonds is 8. The fourth-order valence-electron chi connectivity index (χ4n) is 2.24. The predicted molar refractivity (Wildman–Crippen MR) is 122 cm³/mol. The van der Waals surface area contributed by atoms with Crippen molar-refractivity contribution in [3.8, 4) is 0 Å². The van der Waals surface area contributed by atoms with Gasteiger partial charge in [-0.1, -0.05) is 34.9 Å². The normalized spacial score (nSPS) is 20.6. The molecule has 0 saturated carbocycles.